The molecule has 1 fully saturated rings. The molecule has 2 N–H and O–H groups in total. The maximum absolute atomic E-state index is 12.3. The lowest BCUT2D eigenvalue weighted by atomic mass is 10.1. The molecule has 0 saturated carbocycles. The van der Waals surface area contributed by atoms with E-state index in [0.717, 1.165) is 25.9 Å². The van der Waals surface area contributed by atoms with Crippen molar-refractivity contribution in [2.45, 2.75) is 17.7 Å². The van der Waals surface area contributed by atoms with Crippen LogP contribution in [0, 0.1) is 5.92 Å². The molecule has 0 aromatic heterocycles. The first-order valence-corrected chi connectivity index (χ1v) is 9.30. The third kappa shape index (κ3) is 4.28. The summed E-state index contributed by atoms with van der Waals surface area (Å²) >= 11 is 3.20. The first kappa shape index (κ1) is 17.4. The van der Waals surface area contributed by atoms with Gasteiger partial charge in [0, 0.05) is 11.0 Å². The number of ether oxygens (including phenoxy) is 1. The number of hydrogen-bond donors (Lipinski definition) is 2. The van der Waals surface area contributed by atoms with Crippen LogP contribution in [0.15, 0.2) is 27.6 Å². The number of carbonyl (C=O) groups excluding carboxylic acids is 1. The number of rotatable bonds is 6. The lowest BCUT2D eigenvalue weighted by molar-refractivity contribution is 0.0600. The molecule has 0 aliphatic carbocycles. The molecule has 22 heavy (non-hydrogen) atoms. The van der Waals surface area contributed by atoms with Gasteiger partial charge in [-0.15, -0.1) is 0 Å². The summed E-state index contributed by atoms with van der Waals surface area (Å²) in [7, 11) is -2.32. The van der Waals surface area contributed by atoms with E-state index >= 15 is 0 Å². The van der Waals surface area contributed by atoms with E-state index in [1.54, 1.807) is 0 Å². The number of halogens is 1. The van der Waals surface area contributed by atoms with Gasteiger partial charge >= 0.3 is 5.97 Å². The average Bonchev–Trinajstić information content (AvgIpc) is 2.99. The van der Waals surface area contributed by atoms with E-state index in [1.807, 2.05) is 0 Å². The molecule has 1 saturated heterocycles. The van der Waals surface area contributed by atoms with Gasteiger partial charge in [-0.05, 0) is 66.0 Å². The number of methoxy groups -OCH3 is 1. The van der Waals surface area contributed by atoms with E-state index in [0.29, 0.717) is 22.5 Å². The van der Waals surface area contributed by atoms with Crippen molar-refractivity contribution in [2.75, 3.05) is 26.7 Å². The molecule has 1 heterocycles. The highest BCUT2D eigenvalue weighted by Crippen LogP contribution is 2.23. The quantitative estimate of drug-likeness (QED) is 0.719. The molecule has 0 bridgehead atoms. The Labute approximate surface area is 138 Å². The van der Waals surface area contributed by atoms with E-state index in [-0.39, 0.29) is 4.90 Å². The summed E-state index contributed by atoms with van der Waals surface area (Å²) in [5, 5.41) is 3.25. The maximum Gasteiger partial charge on any atom is 0.337 e. The van der Waals surface area contributed by atoms with E-state index in [1.165, 1.54) is 25.3 Å². The molecule has 1 unspecified atom stereocenters. The van der Waals surface area contributed by atoms with E-state index < -0.39 is 16.0 Å². The second-order valence-electron chi connectivity index (χ2n) is 5.18. The Morgan fingerprint density at radius 2 is 2.27 bits per heavy atom. The minimum atomic E-state index is -3.60. The van der Waals surface area contributed by atoms with Crippen molar-refractivity contribution in [3.8, 4) is 0 Å². The van der Waals surface area contributed by atoms with Gasteiger partial charge in [-0.25, -0.2) is 17.9 Å². The molecule has 1 aromatic carbocycles. The Morgan fingerprint density at radius 1 is 1.50 bits per heavy atom. The molecule has 0 amide bonds. The van der Waals surface area contributed by atoms with E-state index in [2.05, 4.69) is 30.7 Å². The third-order valence-electron chi connectivity index (χ3n) is 3.65. The number of nitrogens with one attached hydrogen (secondary N) is 2. The Balaban J connectivity index is 2.03. The van der Waals surface area contributed by atoms with Crippen LogP contribution in [0.1, 0.15) is 23.2 Å². The highest BCUT2D eigenvalue weighted by atomic mass is 79.9. The fourth-order valence-electron chi connectivity index (χ4n) is 2.40. The van der Waals surface area contributed by atoms with Gasteiger partial charge in [0.05, 0.1) is 17.6 Å². The molecule has 8 heteroatoms. The highest BCUT2D eigenvalue weighted by Gasteiger charge is 2.20. The van der Waals surface area contributed by atoms with Crippen LogP contribution in [0.5, 0.6) is 0 Å². The third-order valence-corrected chi connectivity index (χ3v) is 6.09. The van der Waals surface area contributed by atoms with Crippen molar-refractivity contribution in [1.29, 1.82) is 0 Å². The van der Waals surface area contributed by atoms with Crippen molar-refractivity contribution in [3.63, 3.8) is 0 Å². The molecule has 0 spiro atoms. The van der Waals surface area contributed by atoms with Crippen molar-refractivity contribution < 1.29 is 17.9 Å². The van der Waals surface area contributed by atoms with Gasteiger partial charge in [0.2, 0.25) is 10.0 Å². The highest BCUT2D eigenvalue weighted by molar-refractivity contribution is 9.10. The van der Waals surface area contributed by atoms with Crippen LogP contribution in [-0.4, -0.2) is 41.1 Å². The second-order valence-corrected chi connectivity index (χ2v) is 7.77. The Morgan fingerprint density at radius 3 is 2.86 bits per heavy atom. The zero-order chi connectivity index (χ0) is 16.2. The Hall–Kier alpha value is -0.960. The Kier molecular flexibility index (Phi) is 5.96. The molecule has 122 valence electrons. The predicted octanol–water partition coefficient (Wildman–Crippen LogP) is 1.51. The first-order chi connectivity index (χ1) is 10.4. The number of benzene rings is 1. The van der Waals surface area contributed by atoms with Gasteiger partial charge < -0.3 is 10.1 Å². The molecule has 1 atom stereocenters. The van der Waals surface area contributed by atoms with Crippen LogP contribution in [0.3, 0.4) is 0 Å². The molecule has 1 aromatic rings. The summed E-state index contributed by atoms with van der Waals surface area (Å²) in [5.41, 5.74) is 0.297. The minimum Gasteiger partial charge on any atom is -0.465 e. The maximum atomic E-state index is 12.3. The summed E-state index contributed by atoms with van der Waals surface area (Å²) in [6.45, 7) is 2.34. The smallest absolute Gasteiger partial charge is 0.337 e. The molecular formula is C14H19BrN2O4S. The zero-order valence-electron chi connectivity index (χ0n) is 12.3. The van der Waals surface area contributed by atoms with Gasteiger partial charge in [0.1, 0.15) is 0 Å². The van der Waals surface area contributed by atoms with Gasteiger partial charge in [-0.2, -0.15) is 0 Å². The van der Waals surface area contributed by atoms with Crippen LogP contribution < -0.4 is 10.0 Å². The van der Waals surface area contributed by atoms with E-state index in [9.17, 15) is 13.2 Å². The fraction of sp³-hybridized carbons (Fsp3) is 0.500. The number of hydrogen-bond acceptors (Lipinski definition) is 5. The topological polar surface area (TPSA) is 84.5 Å². The summed E-state index contributed by atoms with van der Waals surface area (Å²) in [6.07, 6.45) is 1.89. The standard InChI is InChI=1S/C14H19BrN2O4S/c1-21-14(18)11-2-3-13(12(15)8-11)22(19,20)17-7-5-10-4-6-16-9-10/h2-3,8,10,16-17H,4-7,9H2,1H3. The second kappa shape index (κ2) is 7.54. The van der Waals surface area contributed by atoms with Crippen LogP contribution in [-0.2, 0) is 14.8 Å². The SMILES string of the molecule is COC(=O)c1ccc(S(=O)(=O)NCCC2CCNC2)c(Br)c1. The molecule has 1 aliphatic rings. The largest absolute Gasteiger partial charge is 0.465 e. The van der Waals surface area contributed by atoms with Crippen LogP contribution in [0.2, 0.25) is 0 Å². The van der Waals surface area contributed by atoms with Gasteiger partial charge in [0.25, 0.3) is 0 Å². The summed E-state index contributed by atoms with van der Waals surface area (Å²) in [6, 6.07) is 4.28. The van der Waals surface area contributed by atoms with Crippen molar-refractivity contribution >= 4 is 31.9 Å². The Bertz CT molecular complexity index is 642. The molecule has 0 radical (unpaired) electrons. The normalized spacial score (nSPS) is 18.4. The molecular weight excluding hydrogens is 372 g/mol. The zero-order valence-corrected chi connectivity index (χ0v) is 14.7. The van der Waals surface area contributed by atoms with Crippen molar-refractivity contribution in [1.82, 2.24) is 10.0 Å². The summed E-state index contributed by atoms with van der Waals surface area (Å²) in [5.74, 6) is 0.0131. The van der Waals surface area contributed by atoms with Gasteiger partial charge in [-0.3, -0.25) is 0 Å². The summed E-state index contributed by atoms with van der Waals surface area (Å²) in [4.78, 5) is 11.5. The van der Waals surface area contributed by atoms with Crippen molar-refractivity contribution in [2.24, 2.45) is 5.92 Å². The molecule has 6 nitrogen and oxygen atoms in total. The summed E-state index contributed by atoms with van der Waals surface area (Å²) < 4.78 is 32.2. The minimum absolute atomic E-state index is 0.115. The molecule has 1 aliphatic heterocycles. The monoisotopic (exact) mass is 390 g/mol. The van der Waals surface area contributed by atoms with Crippen molar-refractivity contribution in [3.05, 3.63) is 28.2 Å². The number of sulfonamides is 1. The average molecular weight is 391 g/mol. The van der Waals surface area contributed by atoms with Crippen LogP contribution in [0.4, 0.5) is 0 Å². The van der Waals surface area contributed by atoms with Gasteiger partial charge in [0.15, 0.2) is 0 Å². The lowest BCUT2D eigenvalue weighted by Crippen LogP contribution is -2.27. The molecule has 2 rings (SSSR count). The number of carbonyl (C=O) groups is 1. The van der Waals surface area contributed by atoms with Gasteiger partial charge in [-0.1, -0.05) is 0 Å². The van der Waals surface area contributed by atoms with E-state index in [4.69, 9.17) is 0 Å². The van der Waals surface area contributed by atoms with Crippen LogP contribution in [0.25, 0.3) is 0 Å². The lowest BCUT2D eigenvalue weighted by Gasteiger charge is -2.11. The predicted molar refractivity (Wildman–Crippen MR) is 86.3 cm³/mol. The number of esters is 1. The van der Waals surface area contributed by atoms with Crippen LogP contribution >= 0.6 is 15.9 Å². The first-order valence-electron chi connectivity index (χ1n) is 7.02. The fourth-order valence-corrected chi connectivity index (χ4v) is 4.52.